The third-order valence-corrected chi connectivity index (χ3v) is 2.59. The van der Waals surface area contributed by atoms with Gasteiger partial charge in [0.15, 0.2) is 17.3 Å². The fourth-order valence-electron chi connectivity index (χ4n) is 1.78. The summed E-state index contributed by atoms with van der Waals surface area (Å²) >= 11 is 0. The van der Waals surface area contributed by atoms with Gasteiger partial charge < -0.3 is 19.3 Å². The van der Waals surface area contributed by atoms with E-state index >= 15 is 0 Å². The van der Waals surface area contributed by atoms with E-state index in [1.807, 2.05) is 25.2 Å². The van der Waals surface area contributed by atoms with E-state index in [2.05, 4.69) is 15.5 Å². The van der Waals surface area contributed by atoms with Gasteiger partial charge in [0.25, 0.3) is 5.89 Å². The van der Waals surface area contributed by atoms with Crippen LogP contribution >= 0.6 is 0 Å². The maximum atomic E-state index is 5.51. The number of ether oxygens (including phenoxy) is 2. The van der Waals surface area contributed by atoms with E-state index in [-0.39, 0.29) is 0 Å². The second-order valence-electron chi connectivity index (χ2n) is 3.90. The Morgan fingerprint density at radius 2 is 2.06 bits per heavy atom. The fraction of sp³-hybridized carbons (Fsp3) is 0.333. The van der Waals surface area contributed by atoms with Gasteiger partial charge in [0, 0.05) is 5.56 Å². The van der Waals surface area contributed by atoms with Crippen LogP contribution in [0.5, 0.6) is 11.5 Å². The van der Waals surface area contributed by atoms with Crippen molar-refractivity contribution in [1.29, 1.82) is 0 Å². The van der Waals surface area contributed by atoms with Crippen molar-refractivity contribution in [2.75, 3.05) is 20.3 Å². The molecule has 0 radical (unpaired) electrons. The molecule has 1 aliphatic heterocycles. The molecular formula is C12H13N3O3. The molecule has 2 aromatic rings. The van der Waals surface area contributed by atoms with Crippen molar-refractivity contribution in [3.8, 4) is 23.0 Å². The van der Waals surface area contributed by atoms with Crippen LogP contribution in [0.1, 0.15) is 5.82 Å². The van der Waals surface area contributed by atoms with Crippen LogP contribution in [0.2, 0.25) is 0 Å². The van der Waals surface area contributed by atoms with Gasteiger partial charge in [-0.3, -0.25) is 0 Å². The molecule has 94 valence electrons. The minimum absolute atomic E-state index is 0.484. The quantitative estimate of drug-likeness (QED) is 0.879. The maximum Gasteiger partial charge on any atom is 0.258 e. The third-order valence-electron chi connectivity index (χ3n) is 2.59. The van der Waals surface area contributed by atoms with Crippen molar-refractivity contribution >= 4 is 0 Å². The number of aromatic nitrogens is 2. The molecule has 0 bridgehead atoms. The minimum atomic E-state index is 0.484. The average Bonchev–Trinajstić information content (AvgIpc) is 2.87. The summed E-state index contributed by atoms with van der Waals surface area (Å²) in [5.74, 6) is 2.58. The standard InChI is InChI=1S/C12H13N3O3/c1-13-7-11-14-12(18-15-11)8-2-3-9-10(6-8)17-5-4-16-9/h2-3,6,13H,4-5,7H2,1H3. The van der Waals surface area contributed by atoms with Crippen molar-refractivity contribution in [3.05, 3.63) is 24.0 Å². The Morgan fingerprint density at radius 1 is 1.22 bits per heavy atom. The fourth-order valence-corrected chi connectivity index (χ4v) is 1.78. The lowest BCUT2D eigenvalue weighted by molar-refractivity contribution is 0.171. The first-order valence-electron chi connectivity index (χ1n) is 5.74. The van der Waals surface area contributed by atoms with Crippen LogP contribution in [0.3, 0.4) is 0 Å². The highest BCUT2D eigenvalue weighted by Gasteiger charge is 2.15. The van der Waals surface area contributed by atoms with Crippen LogP contribution < -0.4 is 14.8 Å². The van der Waals surface area contributed by atoms with Crippen LogP contribution in [0, 0.1) is 0 Å². The lowest BCUT2D eigenvalue weighted by Crippen LogP contribution is -2.15. The van der Waals surface area contributed by atoms with E-state index < -0.39 is 0 Å². The van der Waals surface area contributed by atoms with E-state index in [4.69, 9.17) is 14.0 Å². The van der Waals surface area contributed by atoms with E-state index in [1.165, 1.54) is 0 Å². The molecule has 2 heterocycles. The lowest BCUT2D eigenvalue weighted by atomic mass is 10.2. The van der Waals surface area contributed by atoms with Crippen LogP contribution in [-0.2, 0) is 6.54 Å². The summed E-state index contributed by atoms with van der Waals surface area (Å²) in [5, 5.41) is 6.84. The molecule has 0 spiro atoms. The first-order valence-corrected chi connectivity index (χ1v) is 5.74. The molecule has 0 saturated carbocycles. The summed E-state index contributed by atoms with van der Waals surface area (Å²) in [6.45, 7) is 1.72. The largest absolute Gasteiger partial charge is 0.486 e. The van der Waals surface area contributed by atoms with Gasteiger partial charge in [-0.05, 0) is 25.2 Å². The van der Waals surface area contributed by atoms with Gasteiger partial charge in [0.1, 0.15) is 13.2 Å². The Bertz CT molecular complexity index is 553. The molecule has 0 aliphatic carbocycles. The molecule has 0 unspecified atom stereocenters. The molecule has 1 aliphatic rings. The highest BCUT2D eigenvalue weighted by Crippen LogP contribution is 2.33. The first-order chi connectivity index (χ1) is 8.86. The van der Waals surface area contributed by atoms with Gasteiger partial charge in [0.05, 0.1) is 6.54 Å². The van der Waals surface area contributed by atoms with Gasteiger partial charge in [0.2, 0.25) is 0 Å². The lowest BCUT2D eigenvalue weighted by Gasteiger charge is -2.18. The summed E-state index contributed by atoms with van der Waals surface area (Å²) in [6.07, 6.45) is 0. The second kappa shape index (κ2) is 4.66. The molecule has 6 nitrogen and oxygen atoms in total. The van der Waals surface area contributed by atoms with E-state index in [0.29, 0.717) is 37.2 Å². The number of rotatable bonds is 3. The Labute approximate surface area is 104 Å². The smallest absolute Gasteiger partial charge is 0.258 e. The van der Waals surface area contributed by atoms with Gasteiger partial charge in [-0.15, -0.1) is 0 Å². The topological polar surface area (TPSA) is 69.4 Å². The summed E-state index contributed by atoms with van der Waals surface area (Å²) in [4.78, 5) is 4.28. The number of hydrogen-bond donors (Lipinski definition) is 1. The predicted molar refractivity (Wildman–Crippen MR) is 63.5 cm³/mol. The molecule has 1 N–H and O–H groups in total. The van der Waals surface area contributed by atoms with Crippen LogP contribution in [-0.4, -0.2) is 30.4 Å². The van der Waals surface area contributed by atoms with Crippen molar-refractivity contribution in [2.24, 2.45) is 0 Å². The molecule has 1 aromatic heterocycles. The van der Waals surface area contributed by atoms with Crippen molar-refractivity contribution in [1.82, 2.24) is 15.5 Å². The Kier molecular flexibility index (Phi) is 2.85. The molecule has 0 fully saturated rings. The number of hydrogen-bond acceptors (Lipinski definition) is 6. The zero-order chi connectivity index (χ0) is 12.4. The first kappa shape index (κ1) is 11.0. The average molecular weight is 247 g/mol. The normalized spacial score (nSPS) is 13.6. The second-order valence-corrected chi connectivity index (χ2v) is 3.90. The minimum Gasteiger partial charge on any atom is -0.486 e. The van der Waals surface area contributed by atoms with Gasteiger partial charge >= 0.3 is 0 Å². The Morgan fingerprint density at radius 3 is 2.89 bits per heavy atom. The zero-order valence-electron chi connectivity index (χ0n) is 9.97. The summed E-state index contributed by atoms with van der Waals surface area (Å²) in [6, 6.07) is 5.58. The molecule has 18 heavy (non-hydrogen) atoms. The molecule has 6 heteroatoms. The maximum absolute atomic E-state index is 5.51. The van der Waals surface area contributed by atoms with Crippen molar-refractivity contribution in [2.45, 2.75) is 6.54 Å². The zero-order valence-corrected chi connectivity index (χ0v) is 9.97. The molecule has 1 aromatic carbocycles. The molecule has 0 atom stereocenters. The monoisotopic (exact) mass is 247 g/mol. The Hall–Kier alpha value is -2.08. The van der Waals surface area contributed by atoms with E-state index in [1.54, 1.807) is 0 Å². The van der Waals surface area contributed by atoms with Crippen molar-refractivity contribution in [3.63, 3.8) is 0 Å². The molecule has 0 saturated heterocycles. The third kappa shape index (κ3) is 2.02. The van der Waals surface area contributed by atoms with E-state index in [0.717, 1.165) is 11.3 Å². The summed E-state index contributed by atoms with van der Waals surface area (Å²) < 4.78 is 16.2. The number of nitrogens with zero attached hydrogens (tertiary/aromatic N) is 2. The van der Waals surface area contributed by atoms with Gasteiger partial charge in [-0.1, -0.05) is 5.16 Å². The molecular weight excluding hydrogens is 234 g/mol. The highest BCUT2D eigenvalue weighted by molar-refractivity contribution is 5.60. The van der Waals surface area contributed by atoms with Crippen LogP contribution in [0.15, 0.2) is 22.7 Å². The van der Waals surface area contributed by atoms with Gasteiger partial charge in [-0.25, -0.2) is 0 Å². The number of fused-ring (bicyclic) bond motifs is 1. The van der Waals surface area contributed by atoms with Gasteiger partial charge in [-0.2, -0.15) is 4.98 Å². The number of nitrogens with one attached hydrogen (secondary N) is 1. The summed E-state index contributed by atoms with van der Waals surface area (Å²) in [5.41, 5.74) is 0.828. The summed E-state index contributed by atoms with van der Waals surface area (Å²) in [7, 11) is 1.83. The van der Waals surface area contributed by atoms with Crippen LogP contribution in [0.4, 0.5) is 0 Å². The van der Waals surface area contributed by atoms with E-state index in [9.17, 15) is 0 Å². The van der Waals surface area contributed by atoms with Crippen LogP contribution in [0.25, 0.3) is 11.5 Å². The molecule has 3 rings (SSSR count). The molecule has 0 amide bonds. The van der Waals surface area contributed by atoms with Crippen molar-refractivity contribution < 1.29 is 14.0 Å². The Balaban J connectivity index is 1.91. The highest BCUT2D eigenvalue weighted by atomic mass is 16.6. The predicted octanol–water partition coefficient (Wildman–Crippen LogP) is 1.23. The number of benzene rings is 1. The SMILES string of the molecule is CNCc1noc(-c2ccc3c(c2)OCCO3)n1.